The van der Waals surface area contributed by atoms with Crippen LogP contribution in [0, 0.1) is 21.7 Å². The second-order valence-corrected chi connectivity index (χ2v) is 8.19. The number of hydrogen-bond donors (Lipinski definition) is 1. The van der Waals surface area contributed by atoms with E-state index in [1.807, 2.05) is 23.1 Å². The van der Waals surface area contributed by atoms with Crippen LogP contribution < -0.4 is 10.2 Å². The summed E-state index contributed by atoms with van der Waals surface area (Å²) in [5, 5.41) is 15.3. The molecule has 0 aliphatic carbocycles. The summed E-state index contributed by atoms with van der Waals surface area (Å²) >= 11 is 1.71. The molecular formula is C20H18F2N6O2S. The zero-order valence-corrected chi connectivity index (χ0v) is 17.1. The number of anilines is 3. The summed E-state index contributed by atoms with van der Waals surface area (Å²) in [6, 6.07) is 10.9. The molecule has 0 atom stereocenters. The van der Waals surface area contributed by atoms with Crippen molar-refractivity contribution in [2.45, 2.75) is 23.1 Å². The van der Waals surface area contributed by atoms with E-state index < -0.39 is 22.5 Å². The van der Waals surface area contributed by atoms with Gasteiger partial charge in [-0.15, -0.1) is 11.8 Å². The van der Waals surface area contributed by atoms with Crippen LogP contribution in [0.25, 0.3) is 0 Å². The van der Waals surface area contributed by atoms with Crippen molar-refractivity contribution in [3.8, 4) is 0 Å². The molecule has 160 valence electrons. The third-order valence-corrected chi connectivity index (χ3v) is 6.06. The minimum atomic E-state index is -1.09. The number of hydrogen-bond acceptors (Lipinski definition) is 8. The minimum absolute atomic E-state index is 0.0196. The van der Waals surface area contributed by atoms with Crippen molar-refractivity contribution in [2.24, 2.45) is 0 Å². The van der Waals surface area contributed by atoms with Gasteiger partial charge in [0.2, 0.25) is 11.6 Å². The topological polar surface area (TPSA) is 97.1 Å². The summed E-state index contributed by atoms with van der Waals surface area (Å²) in [5.41, 5.74) is -0.163. The molecule has 0 unspecified atom stereocenters. The van der Waals surface area contributed by atoms with E-state index in [0.29, 0.717) is 24.2 Å². The summed E-state index contributed by atoms with van der Waals surface area (Å²) in [5.74, 6) is -2.34. The molecule has 4 rings (SSSR count). The summed E-state index contributed by atoms with van der Waals surface area (Å²) in [6.07, 6.45) is 3.45. The number of nitro groups is 1. The van der Waals surface area contributed by atoms with E-state index >= 15 is 0 Å². The third-order valence-electron chi connectivity index (χ3n) is 4.77. The molecule has 8 nitrogen and oxygen atoms in total. The molecule has 1 aliphatic rings. The molecule has 1 aromatic carbocycles. The Morgan fingerprint density at radius 3 is 2.65 bits per heavy atom. The van der Waals surface area contributed by atoms with Crippen LogP contribution in [0.4, 0.5) is 32.1 Å². The largest absolute Gasteiger partial charge is 0.472 e. The van der Waals surface area contributed by atoms with Crippen LogP contribution in [0.1, 0.15) is 12.8 Å². The lowest BCUT2D eigenvalue weighted by atomic mass is 10.1. The molecule has 0 bridgehead atoms. The quantitative estimate of drug-likeness (QED) is 0.436. The number of aromatic nitrogens is 3. The SMILES string of the molecule is O=[N+]([O-])c1nc(Nc2cccc(F)c2F)cc(N2CCC(Sc3ccccn3)CC2)n1. The molecule has 11 heteroatoms. The summed E-state index contributed by atoms with van der Waals surface area (Å²) < 4.78 is 27.5. The molecule has 2 aromatic heterocycles. The first-order valence-electron chi connectivity index (χ1n) is 9.57. The van der Waals surface area contributed by atoms with Crippen molar-refractivity contribution >= 4 is 35.0 Å². The molecule has 3 aromatic rings. The lowest BCUT2D eigenvalue weighted by Gasteiger charge is -2.31. The van der Waals surface area contributed by atoms with Crippen LogP contribution in [0.2, 0.25) is 0 Å². The second kappa shape index (κ2) is 9.21. The van der Waals surface area contributed by atoms with E-state index in [0.717, 1.165) is 23.9 Å². The fraction of sp³-hybridized carbons (Fsp3) is 0.250. The van der Waals surface area contributed by atoms with E-state index in [2.05, 4.69) is 20.3 Å². The van der Waals surface area contributed by atoms with Crippen molar-refractivity contribution in [3.63, 3.8) is 0 Å². The number of halogens is 2. The lowest BCUT2D eigenvalue weighted by molar-refractivity contribution is -0.394. The smallest absolute Gasteiger partial charge is 0.390 e. The Balaban J connectivity index is 1.50. The van der Waals surface area contributed by atoms with Crippen molar-refractivity contribution in [1.29, 1.82) is 0 Å². The van der Waals surface area contributed by atoms with Crippen molar-refractivity contribution in [1.82, 2.24) is 15.0 Å². The standard InChI is InChI=1S/C20H18F2N6O2S/c21-14-4-3-5-15(19(14)22)24-16-12-17(26-20(25-16)28(29)30)27-10-7-13(8-11-27)31-18-6-1-2-9-23-18/h1-6,9,12-13H,7-8,10-11H2,(H,24,25,26). The maximum Gasteiger partial charge on any atom is 0.472 e. The number of nitrogens with one attached hydrogen (secondary N) is 1. The average Bonchev–Trinajstić information content (AvgIpc) is 2.78. The minimum Gasteiger partial charge on any atom is -0.390 e. The van der Waals surface area contributed by atoms with Crippen molar-refractivity contribution in [3.05, 3.63) is 70.4 Å². The van der Waals surface area contributed by atoms with Crippen LogP contribution in [0.5, 0.6) is 0 Å². The van der Waals surface area contributed by atoms with E-state index in [9.17, 15) is 18.9 Å². The van der Waals surface area contributed by atoms with Gasteiger partial charge in [-0.25, -0.2) is 13.8 Å². The van der Waals surface area contributed by atoms with Gasteiger partial charge in [-0.2, -0.15) is 0 Å². The van der Waals surface area contributed by atoms with Gasteiger partial charge in [-0.05, 0) is 52.0 Å². The van der Waals surface area contributed by atoms with Crippen LogP contribution in [0.15, 0.2) is 53.7 Å². The first kappa shape index (κ1) is 20.9. The maximum absolute atomic E-state index is 14.0. The number of benzene rings is 1. The van der Waals surface area contributed by atoms with E-state index in [1.54, 1.807) is 18.0 Å². The van der Waals surface area contributed by atoms with Crippen molar-refractivity contribution < 1.29 is 13.7 Å². The van der Waals surface area contributed by atoms with Gasteiger partial charge in [-0.1, -0.05) is 12.1 Å². The monoisotopic (exact) mass is 444 g/mol. The van der Waals surface area contributed by atoms with Crippen LogP contribution in [-0.2, 0) is 0 Å². The molecule has 1 saturated heterocycles. The Morgan fingerprint density at radius 1 is 1.13 bits per heavy atom. The number of pyridine rings is 1. The maximum atomic E-state index is 14.0. The van der Waals surface area contributed by atoms with Gasteiger partial charge in [0.15, 0.2) is 11.6 Å². The van der Waals surface area contributed by atoms with Crippen LogP contribution >= 0.6 is 11.8 Å². The predicted octanol–water partition coefficient (Wildman–Crippen LogP) is 4.56. The van der Waals surface area contributed by atoms with Gasteiger partial charge >= 0.3 is 5.95 Å². The van der Waals surface area contributed by atoms with Gasteiger partial charge < -0.3 is 20.3 Å². The third kappa shape index (κ3) is 5.05. The highest BCUT2D eigenvalue weighted by atomic mass is 32.2. The number of rotatable bonds is 6. The Labute approximate surface area is 180 Å². The molecule has 31 heavy (non-hydrogen) atoms. The van der Waals surface area contributed by atoms with Crippen LogP contribution in [-0.4, -0.2) is 38.2 Å². The molecule has 0 amide bonds. The molecule has 0 saturated carbocycles. The zero-order chi connectivity index (χ0) is 21.8. The highest BCUT2D eigenvalue weighted by Gasteiger charge is 2.26. The summed E-state index contributed by atoms with van der Waals surface area (Å²) in [6.45, 7) is 1.29. The fourth-order valence-corrected chi connectivity index (χ4v) is 4.33. The zero-order valence-electron chi connectivity index (χ0n) is 16.2. The van der Waals surface area contributed by atoms with Gasteiger partial charge in [0.05, 0.1) is 16.8 Å². The Kier molecular flexibility index (Phi) is 6.21. The van der Waals surface area contributed by atoms with E-state index in [1.165, 1.54) is 18.2 Å². The van der Waals surface area contributed by atoms with E-state index in [4.69, 9.17) is 0 Å². The highest BCUT2D eigenvalue weighted by Crippen LogP contribution is 2.32. The Morgan fingerprint density at radius 2 is 1.94 bits per heavy atom. The molecule has 0 radical (unpaired) electrons. The molecule has 0 spiro atoms. The first-order valence-corrected chi connectivity index (χ1v) is 10.4. The summed E-state index contributed by atoms with van der Waals surface area (Å²) in [7, 11) is 0. The molecule has 1 aliphatic heterocycles. The molecule has 1 fully saturated rings. The average molecular weight is 444 g/mol. The highest BCUT2D eigenvalue weighted by molar-refractivity contribution is 7.99. The molecule has 3 heterocycles. The van der Waals surface area contributed by atoms with Gasteiger partial charge in [-0.3, -0.25) is 0 Å². The van der Waals surface area contributed by atoms with Gasteiger partial charge in [0, 0.05) is 24.5 Å². The van der Waals surface area contributed by atoms with Crippen LogP contribution in [0.3, 0.4) is 0 Å². The fourth-order valence-electron chi connectivity index (χ4n) is 3.26. The molecule has 1 N–H and O–H groups in total. The predicted molar refractivity (Wildman–Crippen MR) is 114 cm³/mol. The normalized spacial score (nSPS) is 14.5. The number of nitrogens with zero attached hydrogens (tertiary/aromatic N) is 5. The Bertz CT molecular complexity index is 1080. The Hall–Kier alpha value is -3.34. The molecular weight excluding hydrogens is 426 g/mol. The van der Waals surface area contributed by atoms with Gasteiger partial charge in [0.25, 0.3) is 0 Å². The lowest BCUT2D eigenvalue weighted by Crippen LogP contribution is -2.35. The number of piperidine rings is 1. The van der Waals surface area contributed by atoms with E-state index in [-0.39, 0.29) is 11.5 Å². The van der Waals surface area contributed by atoms with Gasteiger partial charge in [0.1, 0.15) is 0 Å². The summed E-state index contributed by atoms with van der Waals surface area (Å²) in [4.78, 5) is 24.7. The first-order chi connectivity index (χ1) is 15.0. The number of thioether (sulfide) groups is 1. The second-order valence-electron chi connectivity index (χ2n) is 6.87. The van der Waals surface area contributed by atoms with Crippen molar-refractivity contribution in [2.75, 3.05) is 23.3 Å².